The number of aliphatic hydroxyl groups excluding tert-OH is 4. The molecule has 3 heterocycles. The van der Waals surface area contributed by atoms with Gasteiger partial charge >= 0.3 is 11.9 Å². The monoisotopic (exact) mass is 820 g/mol. The number of guanidine groups is 1. The Morgan fingerprint density at radius 2 is 1.90 bits per heavy atom. The van der Waals surface area contributed by atoms with Crippen LogP contribution in [0.3, 0.4) is 0 Å². The fraction of sp³-hybridized carbons (Fsp3) is 0.675. The number of nitrogens with one attached hydrogen (secondary N) is 1. The summed E-state index contributed by atoms with van der Waals surface area (Å²) < 4.78 is 29.9. The summed E-state index contributed by atoms with van der Waals surface area (Å²) in [6, 6.07) is 0. The van der Waals surface area contributed by atoms with E-state index in [9.17, 15) is 45.3 Å². The second kappa shape index (κ2) is 19.9. The van der Waals surface area contributed by atoms with E-state index in [0.717, 1.165) is 44.9 Å². The zero-order chi connectivity index (χ0) is 42.2. The van der Waals surface area contributed by atoms with E-state index in [4.69, 9.17) is 29.4 Å². The van der Waals surface area contributed by atoms with Gasteiger partial charge in [-0.2, -0.15) is 0 Å². The first kappa shape index (κ1) is 45.2. The molecule has 2 saturated carbocycles. The first-order valence-corrected chi connectivity index (χ1v) is 20.0. The van der Waals surface area contributed by atoms with Gasteiger partial charge in [0.25, 0.3) is 0 Å². The van der Waals surface area contributed by atoms with Crippen LogP contribution in [-0.4, -0.2) is 147 Å². The number of carbonyl (C=O) groups excluding carboxylic acids is 1. The van der Waals surface area contributed by atoms with Crippen LogP contribution in [0.5, 0.6) is 0 Å². The van der Waals surface area contributed by atoms with Crippen molar-refractivity contribution in [2.45, 2.75) is 114 Å². The molecule has 18 nitrogen and oxygen atoms in total. The average molecular weight is 821 g/mol. The highest BCUT2D eigenvalue weighted by molar-refractivity contribution is 5.95. The molecule has 3 aliphatic heterocycles. The number of nitrogens with two attached hydrogens (primary N) is 1. The summed E-state index contributed by atoms with van der Waals surface area (Å²) in [4.78, 5) is 32.5. The maximum Gasteiger partial charge on any atom is 0.339 e. The molecule has 0 aromatic rings. The van der Waals surface area contributed by atoms with Crippen LogP contribution < -0.4 is 11.1 Å². The maximum atomic E-state index is 14.1. The van der Waals surface area contributed by atoms with Crippen molar-refractivity contribution in [3.63, 3.8) is 0 Å². The lowest BCUT2D eigenvalue weighted by Gasteiger charge is -2.48. The van der Waals surface area contributed by atoms with E-state index in [-0.39, 0.29) is 67.2 Å². The van der Waals surface area contributed by atoms with Gasteiger partial charge in [0, 0.05) is 38.4 Å². The number of β-amino-alcohol motifs (C(OH)–C–C–N with tert-alkyl or cyclic N) is 1. The zero-order valence-corrected chi connectivity index (χ0v) is 33.1. The molecule has 1 spiro atoms. The predicted octanol–water partition coefficient (Wildman–Crippen LogP) is 0.244. The van der Waals surface area contributed by atoms with Crippen LogP contribution in [0.15, 0.2) is 64.7 Å². The number of carbonyl (C=O) groups is 2. The molecule has 0 unspecified atom stereocenters. The van der Waals surface area contributed by atoms with E-state index in [1.807, 2.05) is 0 Å². The SMILES string of the molecule is C=C[C@H]1[C@H](O[C@@H]2O[C@H](CO)[C@@H](O)C(O)(O)[C@H]2OC(C)C)OC=C(C(=O)O[C@@H]2CCC3(CCCC3)C2)[C@H]1/C=C/C1=C(NC(N)=NCCCO)C(C(=O)O)=CN(CCO)C1. The standard InChI is InChI=1S/C40H60N4O14/c1-4-26-27(9-8-24-19-44(15-17-46)20-28(34(49)50)31(24)43-38(41)42-14-7-16-45)29(35(51)56-25-10-13-39(18-25)11-5-6-12-39)22-54-36(26)58-37-33(55-23(2)3)40(52,53)32(48)30(21-47)57-37/h4,8-9,20,22-23,25-27,30,32-33,36-37,45-48,52-53H,1,5-7,10-19,21H2,2-3H3,(H,49,50)(H3,41,42,43)/b9-8+/t25-,26-,27+,30-,32-,33+,36+,37+/m1/s1. The number of ether oxygens (including phenoxy) is 5. The van der Waals surface area contributed by atoms with Crippen LogP contribution in [0.25, 0.3) is 0 Å². The zero-order valence-electron chi connectivity index (χ0n) is 33.1. The number of hydrogen-bond acceptors (Lipinski definition) is 15. The highest BCUT2D eigenvalue weighted by atomic mass is 16.8. The quantitative estimate of drug-likeness (QED) is 0.0237. The smallest absolute Gasteiger partial charge is 0.339 e. The van der Waals surface area contributed by atoms with E-state index in [1.54, 1.807) is 30.9 Å². The van der Waals surface area contributed by atoms with Crippen LogP contribution in [0.4, 0.5) is 0 Å². The lowest BCUT2D eigenvalue weighted by Crippen LogP contribution is -2.69. The molecule has 8 atom stereocenters. The van der Waals surface area contributed by atoms with Gasteiger partial charge in [0.15, 0.2) is 18.4 Å². The third-order valence-corrected chi connectivity index (χ3v) is 11.4. The number of carboxylic acids is 1. The van der Waals surface area contributed by atoms with E-state index in [2.05, 4.69) is 16.9 Å². The highest BCUT2D eigenvalue weighted by Gasteiger charge is 2.57. The van der Waals surface area contributed by atoms with Gasteiger partial charge in [-0.3, -0.25) is 4.99 Å². The normalized spacial score (nSPS) is 31.1. The van der Waals surface area contributed by atoms with E-state index in [1.165, 1.54) is 18.5 Å². The Morgan fingerprint density at radius 3 is 2.53 bits per heavy atom. The van der Waals surface area contributed by atoms with Crippen molar-refractivity contribution in [1.29, 1.82) is 0 Å². The topological polar surface area (TPSA) is 276 Å². The van der Waals surface area contributed by atoms with Gasteiger partial charge in [-0.1, -0.05) is 31.1 Å². The summed E-state index contributed by atoms with van der Waals surface area (Å²) in [5, 5.41) is 74.6. The second-order valence-electron chi connectivity index (χ2n) is 15.9. The molecule has 3 fully saturated rings. The number of esters is 1. The van der Waals surface area contributed by atoms with Gasteiger partial charge in [-0.05, 0) is 63.4 Å². The van der Waals surface area contributed by atoms with Gasteiger partial charge in [-0.15, -0.1) is 6.58 Å². The lowest BCUT2D eigenvalue weighted by molar-refractivity contribution is -0.413. The lowest BCUT2D eigenvalue weighted by atomic mass is 9.83. The minimum Gasteiger partial charge on any atom is -0.478 e. The van der Waals surface area contributed by atoms with Gasteiger partial charge in [-0.25, -0.2) is 9.59 Å². The molecular weight excluding hydrogens is 760 g/mol. The van der Waals surface area contributed by atoms with Crippen molar-refractivity contribution in [3.05, 3.63) is 59.7 Å². The average Bonchev–Trinajstić information content (AvgIpc) is 3.82. The molecule has 0 bridgehead atoms. The minimum atomic E-state index is -2.92. The number of aliphatic hydroxyl groups is 6. The first-order chi connectivity index (χ1) is 27.7. The maximum absolute atomic E-state index is 14.1. The Hall–Kier alpha value is -3.85. The summed E-state index contributed by atoms with van der Waals surface area (Å²) in [5.74, 6) is -6.74. The minimum absolute atomic E-state index is 0.0952. The molecule has 0 radical (unpaired) electrons. The molecule has 5 rings (SSSR count). The molecule has 58 heavy (non-hydrogen) atoms. The summed E-state index contributed by atoms with van der Waals surface area (Å²) >= 11 is 0. The Balaban J connectivity index is 1.53. The van der Waals surface area contributed by atoms with E-state index in [0.29, 0.717) is 12.0 Å². The van der Waals surface area contributed by atoms with E-state index < -0.39 is 73.2 Å². The Morgan fingerprint density at radius 1 is 1.16 bits per heavy atom. The highest BCUT2D eigenvalue weighted by Crippen LogP contribution is 2.51. The molecule has 1 saturated heterocycles. The number of rotatable bonds is 17. The first-order valence-electron chi connectivity index (χ1n) is 20.0. The van der Waals surface area contributed by atoms with Gasteiger partial charge in [0.05, 0.1) is 48.3 Å². The summed E-state index contributed by atoms with van der Waals surface area (Å²) in [6.07, 6.45) is 5.65. The number of carboxylic acid groups (broad SMARTS) is 1. The van der Waals surface area contributed by atoms with E-state index >= 15 is 0 Å². The fourth-order valence-corrected chi connectivity index (χ4v) is 8.47. The third-order valence-electron chi connectivity index (χ3n) is 11.4. The predicted molar refractivity (Wildman–Crippen MR) is 207 cm³/mol. The molecule has 18 heteroatoms. The van der Waals surface area contributed by atoms with Gasteiger partial charge in [0.2, 0.25) is 12.1 Å². The number of allylic oxidation sites excluding steroid dienone is 1. The van der Waals surface area contributed by atoms with Crippen LogP contribution in [0.1, 0.15) is 65.2 Å². The Bertz CT molecular complexity index is 1620. The van der Waals surface area contributed by atoms with Crippen molar-refractivity contribution in [3.8, 4) is 0 Å². The van der Waals surface area contributed by atoms with Crippen molar-refractivity contribution in [2.24, 2.45) is 28.0 Å². The van der Waals surface area contributed by atoms with Crippen LogP contribution in [-0.2, 0) is 33.3 Å². The van der Waals surface area contributed by atoms with Gasteiger partial charge in [0.1, 0.15) is 18.3 Å². The molecule has 0 aromatic carbocycles. The summed E-state index contributed by atoms with van der Waals surface area (Å²) in [5.41, 5.74) is 6.76. The van der Waals surface area contributed by atoms with Crippen LogP contribution in [0, 0.1) is 17.3 Å². The third kappa shape index (κ3) is 10.5. The number of aliphatic carboxylic acids is 1. The molecule has 0 aromatic heterocycles. The Kier molecular flexibility index (Phi) is 15.5. The largest absolute Gasteiger partial charge is 0.478 e. The molecule has 324 valence electrons. The Labute approximate surface area is 337 Å². The molecule has 5 aliphatic rings. The van der Waals surface area contributed by atoms with Crippen molar-refractivity contribution < 1.29 is 69.0 Å². The molecule has 0 amide bonds. The molecular formula is C40H60N4O14. The summed E-state index contributed by atoms with van der Waals surface area (Å²) in [6.45, 7) is 6.47. The van der Waals surface area contributed by atoms with Gasteiger partial charge < -0.3 is 75.4 Å². The number of aliphatic imine (C=N–C) groups is 1. The molecule has 2 aliphatic carbocycles. The fourth-order valence-electron chi connectivity index (χ4n) is 8.47. The van der Waals surface area contributed by atoms with Crippen molar-refractivity contribution in [2.75, 3.05) is 39.5 Å². The van der Waals surface area contributed by atoms with Crippen molar-refractivity contribution in [1.82, 2.24) is 10.2 Å². The number of nitrogens with zero attached hydrogens (tertiary/aromatic N) is 2. The number of hydrogen-bond donors (Lipinski definition) is 9. The summed E-state index contributed by atoms with van der Waals surface area (Å²) in [7, 11) is 0. The molecule has 10 N–H and O–H groups in total. The second-order valence-corrected chi connectivity index (χ2v) is 15.9. The van der Waals surface area contributed by atoms with Crippen molar-refractivity contribution >= 4 is 17.9 Å². The van der Waals surface area contributed by atoms with Crippen LogP contribution in [0.2, 0.25) is 0 Å². The van der Waals surface area contributed by atoms with Crippen LogP contribution >= 0.6 is 0 Å².